The van der Waals surface area contributed by atoms with Gasteiger partial charge in [-0.1, -0.05) is 33.6 Å². The standard InChI is InChI=1S/C17H33N3O/c1-17(2,3)8-9-18-16(21)14-19-10-12-20(13-11-19)15-6-4-5-7-15/h15H,4-14H2,1-3H3,(H,18,21). The molecule has 1 aliphatic heterocycles. The minimum absolute atomic E-state index is 0.188. The van der Waals surface area contributed by atoms with Gasteiger partial charge in [0.1, 0.15) is 0 Å². The molecule has 0 aromatic heterocycles. The lowest BCUT2D eigenvalue weighted by molar-refractivity contribution is -0.122. The minimum Gasteiger partial charge on any atom is -0.355 e. The molecule has 0 aromatic carbocycles. The topological polar surface area (TPSA) is 35.6 Å². The Labute approximate surface area is 130 Å². The van der Waals surface area contributed by atoms with Crippen LogP contribution in [0.5, 0.6) is 0 Å². The van der Waals surface area contributed by atoms with Crippen molar-refractivity contribution in [3.05, 3.63) is 0 Å². The van der Waals surface area contributed by atoms with Crippen molar-refractivity contribution >= 4 is 5.91 Å². The molecular formula is C17H33N3O. The summed E-state index contributed by atoms with van der Waals surface area (Å²) in [5.74, 6) is 0.188. The number of carbonyl (C=O) groups excluding carboxylic acids is 1. The summed E-state index contributed by atoms with van der Waals surface area (Å²) < 4.78 is 0. The highest BCUT2D eigenvalue weighted by Gasteiger charge is 2.26. The highest BCUT2D eigenvalue weighted by atomic mass is 16.2. The minimum atomic E-state index is 0.188. The molecule has 122 valence electrons. The molecule has 1 amide bonds. The Morgan fingerprint density at radius 1 is 1.10 bits per heavy atom. The third-order valence-electron chi connectivity index (χ3n) is 4.81. The fraction of sp³-hybridized carbons (Fsp3) is 0.941. The third-order valence-corrected chi connectivity index (χ3v) is 4.81. The first kappa shape index (κ1) is 16.8. The van der Waals surface area contributed by atoms with E-state index < -0.39 is 0 Å². The first-order chi connectivity index (χ1) is 9.94. The van der Waals surface area contributed by atoms with Crippen molar-refractivity contribution in [3.63, 3.8) is 0 Å². The average Bonchev–Trinajstić information content (AvgIpc) is 2.92. The number of nitrogens with one attached hydrogen (secondary N) is 1. The lowest BCUT2D eigenvalue weighted by Crippen LogP contribution is -2.51. The van der Waals surface area contributed by atoms with Crippen LogP contribution in [-0.4, -0.2) is 61.0 Å². The SMILES string of the molecule is CC(C)(C)CCNC(=O)CN1CCN(C2CCCC2)CC1. The predicted octanol–water partition coefficient (Wildman–Crippen LogP) is 2.10. The molecule has 4 heteroatoms. The Hall–Kier alpha value is -0.610. The van der Waals surface area contributed by atoms with E-state index in [0.29, 0.717) is 12.0 Å². The maximum absolute atomic E-state index is 12.0. The maximum Gasteiger partial charge on any atom is 0.234 e. The number of nitrogens with zero attached hydrogens (tertiary/aromatic N) is 2. The summed E-state index contributed by atoms with van der Waals surface area (Å²) >= 11 is 0. The summed E-state index contributed by atoms with van der Waals surface area (Å²) in [4.78, 5) is 16.9. The van der Waals surface area contributed by atoms with Crippen molar-refractivity contribution in [2.24, 2.45) is 5.41 Å². The molecule has 2 fully saturated rings. The Balaban J connectivity index is 1.60. The van der Waals surface area contributed by atoms with Crippen LogP contribution in [0, 0.1) is 5.41 Å². The van der Waals surface area contributed by atoms with Crippen LogP contribution >= 0.6 is 0 Å². The molecule has 0 aromatic rings. The van der Waals surface area contributed by atoms with E-state index in [1.807, 2.05) is 0 Å². The molecule has 1 saturated carbocycles. The molecular weight excluding hydrogens is 262 g/mol. The van der Waals surface area contributed by atoms with Gasteiger partial charge in [0.2, 0.25) is 5.91 Å². The van der Waals surface area contributed by atoms with Gasteiger partial charge in [-0.3, -0.25) is 14.6 Å². The molecule has 0 spiro atoms. The molecule has 0 radical (unpaired) electrons. The Kier molecular flexibility index (Phi) is 6.06. The van der Waals surface area contributed by atoms with E-state index in [4.69, 9.17) is 0 Å². The third kappa shape index (κ3) is 5.95. The normalized spacial score (nSPS) is 22.6. The summed E-state index contributed by atoms with van der Waals surface area (Å²) in [6.07, 6.45) is 6.61. The second kappa shape index (κ2) is 7.59. The first-order valence-electron chi connectivity index (χ1n) is 8.67. The zero-order valence-electron chi connectivity index (χ0n) is 14.2. The number of amides is 1. The van der Waals surface area contributed by atoms with E-state index in [-0.39, 0.29) is 5.91 Å². The van der Waals surface area contributed by atoms with Crippen LogP contribution in [0.15, 0.2) is 0 Å². The van der Waals surface area contributed by atoms with E-state index in [1.54, 1.807) is 0 Å². The molecule has 1 aliphatic carbocycles. The summed E-state index contributed by atoms with van der Waals surface area (Å²) in [7, 11) is 0. The van der Waals surface area contributed by atoms with Crippen molar-refractivity contribution in [3.8, 4) is 0 Å². The average molecular weight is 295 g/mol. The van der Waals surface area contributed by atoms with Gasteiger partial charge >= 0.3 is 0 Å². The van der Waals surface area contributed by atoms with Crippen molar-refractivity contribution in [2.75, 3.05) is 39.3 Å². The van der Waals surface area contributed by atoms with Crippen LogP contribution in [0.3, 0.4) is 0 Å². The van der Waals surface area contributed by atoms with Crippen molar-refractivity contribution in [2.45, 2.75) is 58.9 Å². The Bertz CT molecular complexity index is 323. The van der Waals surface area contributed by atoms with Gasteiger partial charge in [-0.05, 0) is 24.7 Å². The number of rotatable bonds is 5. The van der Waals surface area contributed by atoms with E-state index in [1.165, 1.54) is 25.7 Å². The summed E-state index contributed by atoms with van der Waals surface area (Å²) in [5.41, 5.74) is 0.292. The number of hydrogen-bond acceptors (Lipinski definition) is 3. The molecule has 1 saturated heterocycles. The van der Waals surface area contributed by atoms with Crippen LogP contribution in [-0.2, 0) is 4.79 Å². The van der Waals surface area contributed by atoms with E-state index in [0.717, 1.165) is 45.2 Å². The highest BCUT2D eigenvalue weighted by Crippen LogP contribution is 2.24. The number of hydrogen-bond donors (Lipinski definition) is 1. The van der Waals surface area contributed by atoms with E-state index in [2.05, 4.69) is 35.9 Å². The highest BCUT2D eigenvalue weighted by molar-refractivity contribution is 5.77. The van der Waals surface area contributed by atoms with Crippen molar-refractivity contribution < 1.29 is 4.79 Å². The number of carbonyl (C=O) groups is 1. The Morgan fingerprint density at radius 3 is 2.29 bits per heavy atom. The molecule has 0 atom stereocenters. The summed E-state index contributed by atoms with van der Waals surface area (Å²) in [6.45, 7) is 12.4. The predicted molar refractivity (Wildman–Crippen MR) is 87.4 cm³/mol. The fourth-order valence-electron chi connectivity index (χ4n) is 3.39. The Morgan fingerprint density at radius 2 is 1.71 bits per heavy atom. The van der Waals surface area contributed by atoms with Crippen LogP contribution in [0.25, 0.3) is 0 Å². The largest absolute Gasteiger partial charge is 0.355 e. The molecule has 1 heterocycles. The zero-order chi connectivity index (χ0) is 15.3. The van der Waals surface area contributed by atoms with Gasteiger partial charge in [-0.15, -0.1) is 0 Å². The van der Waals surface area contributed by atoms with Gasteiger partial charge in [0.25, 0.3) is 0 Å². The lowest BCUT2D eigenvalue weighted by atomic mass is 9.92. The zero-order valence-corrected chi connectivity index (χ0v) is 14.2. The van der Waals surface area contributed by atoms with Gasteiger partial charge < -0.3 is 5.32 Å². The van der Waals surface area contributed by atoms with Gasteiger partial charge in [-0.2, -0.15) is 0 Å². The van der Waals surface area contributed by atoms with E-state index >= 15 is 0 Å². The second-order valence-corrected chi connectivity index (χ2v) is 7.91. The summed E-state index contributed by atoms with van der Waals surface area (Å²) in [5, 5.41) is 3.06. The quantitative estimate of drug-likeness (QED) is 0.844. The van der Waals surface area contributed by atoms with Crippen LogP contribution in [0.1, 0.15) is 52.9 Å². The maximum atomic E-state index is 12.0. The molecule has 21 heavy (non-hydrogen) atoms. The van der Waals surface area contributed by atoms with Gasteiger partial charge in [-0.25, -0.2) is 0 Å². The van der Waals surface area contributed by atoms with Crippen molar-refractivity contribution in [1.82, 2.24) is 15.1 Å². The van der Waals surface area contributed by atoms with Crippen molar-refractivity contribution in [1.29, 1.82) is 0 Å². The van der Waals surface area contributed by atoms with Gasteiger partial charge in [0, 0.05) is 38.8 Å². The van der Waals surface area contributed by atoms with Gasteiger partial charge in [0.15, 0.2) is 0 Å². The first-order valence-corrected chi connectivity index (χ1v) is 8.67. The second-order valence-electron chi connectivity index (χ2n) is 7.91. The molecule has 0 bridgehead atoms. The van der Waals surface area contributed by atoms with Crippen LogP contribution in [0.2, 0.25) is 0 Å². The summed E-state index contributed by atoms with van der Waals surface area (Å²) in [6, 6.07) is 0.827. The van der Waals surface area contributed by atoms with E-state index in [9.17, 15) is 4.79 Å². The smallest absolute Gasteiger partial charge is 0.234 e. The van der Waals surface area contributed by atoms with Crippen LogP contribution < -0.4 is 5.32 Å². The molecule has 1 N–H and O–H groups in total. The lowest BCUT2D eigenvalue weighted by Gasteiger charge is -2.37. The monoisotopic (exact) mass is 295 g/mol. The fourth-order valence-corrected chi connectivity index (χ4v) is 3.39. The molecule has 4 nitrogen and oxygen atoms in total. The molecule has 2 rings (SSSR count). The van der Waals surface area contributed by atoms with Crippen LogP contribution in [0.4, 0.5) is 0 Å². The molecule has 0 unspecified atom stereocenters. The number of piperazine rings is 1. The van der Waals surface area contributed by atoms with Gasteiger partial charge in [0.05, 0.1) is 6.54 Å². The molecule has 2 aliphatic rings.